The summed E-state index contributed by atoms with van der Waals surface area (Å²) in [6.45, 7) is 1.42. The number of amides is 2. The molecule has 128 valence electrons. The lowest BCUT2D eigenvalue weighted by molar-refractivity contribution is -0.120. The minimum Gasteiger partial charge on any atom is -0.349 e. The number of hydrogen-bond donors (Lipinski definition) is 2. The minimum atomic E-state index is -0.440. The molecule has 6 nitrogen and oxygen atoms in total. The lowest BCUT2D eigenvalue weighted by Gasteiger charge is -2.18. The Labute approximate surface area is 149 Å². The predicted octanol–water partition coefficient (Wildman–Crippen LogP) is 3.03. The van der Waals surface area contributed by atoms with Crippen LogP contribution in [0.1, 0.15) is 24.9 Å². The molecule has 0 saturated heterocycles. The number of nitrogens with one attached hydrogen (secondary N) is 2. The van der Waals surface area contributed by atoms with Gasteiger partial charge in [0.05, 0.1) is 23.5 Å². The van der Waals surface area contributed by atoms with Crippen LogP contribution in [0.4, 0.5) is 0 Å². The standard InChI is InChI=1S/C18H17ClN4O2/c1-12(24)21-16(13-6-8-14(19)9-7-13)10-18(25)22-23-11-20-15-4-2-3-5-17(15)23/h2-9,11,16H,10H2,1H3,(H,21,24)(H,22,25)/t16-/m0/s1. The summed E-state index contributed by atoms with van der Waals surface area (Å²) in [4.78, 5) is 28.2. The van der Waals surface area contributed by atoms with Crippen molar-refractivity contribution in [3.63, 3.8) is 0 Å². The quantitative estimate of drug-likeness (QED) is 0.737. The van der Waals surface area contributed by atoms with E-state index in [1.165, 1.54) is 6.92 Å². The van der Waals surface area contributed by atoms with Gasteiger partial charge in [0.25, 0.3) is 0 Å². The van der Waals surface area contributed by atoms with Gasteiger partial charge in [0, 0.05) is 11.9 Å². The molecule has 0 aliphatic rings. The fraction of sp³-hybridized carbons (Fsp3) is 0.167. The Balaban J connectivity index is 1.75. The van der Waals surface area contributed by atoms with Gasteiger partial charge in [0.1, 0.15) is 6.33 Å². The molecule has 0 radical (unpaired) electrons. The van der Waals surface area contributed by atoms with Gasteiger partial charge >= 0.3 is 0 Å². The van der Waals surface area contributed by atoms with Crippen LogP contribution in [-0.4, -0.2) is 21.5 Å². The fourth-order valence-electron chi connectivity index (χ4n) is 2.61. The molecular formula is C18H17ClN4O2. The lowest BCUT2D eigenvalue weighted by Crippen LogP contribution is -2.31. The number of imidazole rings is 1. The second-order valence-electron chi connectivity index (χ2n) is 5.65. The van der Waals surface area contributed by atoms with Crippen molar-refractivity contribution in [3.8, 4) is 0 Å². The number of halogens is 1. The monoisotopic (exact) mass is 356 g/mol. The topological polar surface area (TPSA) is 76.0 Å². The molecule has 3 rings (SSSR count). The van der Waals surface area contributed by atoms with Gasteiger partial charge in [-0.3, -0.25) is 15.0 Å². The van der Waals surface area contributed by atoms with E-state index >= 15 is 0 Å². The minimum absolute atomic E-state index is 0.0910. The smallest absolute Gasteiger partial charge is 0.241 e. The van der Waals surface area contributed by atoms with Gasteiger partial charge in [0.15, 0.2) is 0 Å². The maximum atomic E-state index is 12.4. The molecule has 25 heavy (non-hydrogen) atoms. The normalized spacial score (nSPS) is 11.9. The number of hydrogen-bond acceptors (Lipinski definition) is 3. The largest absolute Gasteiger partial charge is 0.349 e. The van der Waals surface area contributed by atoms with Gasteiger partial charge in [-0.05, 0) is 29.8 Å². The molecule has 0 spiro atoms. The van der Waals surface area contributed by atoms with Crippen molar-refractivity contribution in [1.82, 2.24) is 15.0 Å². The number of aromatic nitrogens is 2. The van der Waals surface area contributed by atoms with Crippen LogP contribution in [-0.2, 0) is 9.59 Å². The third kappa shape index (κ3) is 4.16. The van der Waals surface area contributed by atoms with Crippen LogP contribution < -0.4 is 10.7 Å². The van der Waals surface area contributed by atoms with Crippen molar-refractivity contribution in [2.24, 2.45) is 0 Å². The van der Waals surface area contributed by atoms with Crippen molar-refractivity contribution >= 4 is 34.4 Å². The van der Waals surface area contributed by atoms with E-state index in [0.29, 0.717) is 5.02 Å². The third-order valence-electron chi connectivity index (χ3n) is 3.74. The average molecular weight is 357 g/mol. The van der Waals surface area contributed by atoms with Gasteiger partial charge < -0.3 is 5.32 Å². The first-order valence-electron chi connectivity index (χ1n) is 7.77. The molecule has 2 aromatic carbocycles. The highest BCUT2D eigenvalue weighted by Crippen LogP contribution is 2.20. The maximum absolute atomic E-state index is 12.4. The van der Waals surface area contributed by atoms with E-state index in [1.54, 1.807) is 35.3 Å². The molecule has 2 amide bonds. The van der Waals surface area contributed by atoms with Crippen LogP contribution in [0.2, 0.25) is 5.02 Å². The first-order valence-corrected chi connectivity index (χ1v) is 8.15. The van der Waals surface area contributed by atoms with Crippen molar-refractivity contribution in [2.45, 2.75) is 19.4 Å². The predicted molar refractivity (Wildman–Crippen MR) is 96.7 cm³/mol. The summed E-state index contributed by atoms with van der Waals surface area (Å²) in [5, 5.41) is 3.39. The highest BCUT2D eigenvalue weighted by Gasteiger charge is 2.18. The van der Waals surface area contributed by atoms with Crippen molar-refractivity contribution in [1.29, 1.82) is 0 Å². The number of benzene rings is 2. The summed E-state index contributed by atoms with van der Waals surface area (Å²) in [6.07, 6.45) is 1.64. The van der Waals surface area contributed by atoms with Crippen LogP contribution >= 0.6 is 11.6 Å². The van der Waals surface area contributed by atoms with E-state index in [2.05, 4.69) is 15.7 Å². The fourth-order valence-corrected chi connectivity index (χ4v) is 2.73. The zero-order valence-corrected chi connectivity index (χ0v) is 14.3. The molecular weight excluding hydrogens is 340 g/mol. The first kappa shape index (κ1) is 17.0. The summed E-state index contributed by atoms with van der Waals surface area (Å²) in [5.41, 5.74) is 5.19. The zero-order valence-electron chi connectivity index (χ0n) is 13.6. The number of rotatable bonds is 5. The van der Waals surface area contributed by atoms with Crippen LogP contribution in [0, 0.1) is 0 Å². The maximum Gasteiger partial charge on any atom is 0.241 e. The van der Waals surface area contributed by atoms with Crippen LogP contribution in [0.3, 0.4) is 0 Å². The van der Waals surface area contributed by atoms with E-state index in [-0.39, 0.29) is 18.2 Å². The number of fused-ring (bicyclic) bond motifs is 1. The summed E-state index contributed by atoms with van der Waals surface area (Å²) < 4.78 is 1.57. The number of para-hydroxylation sites is 2. The Hall–Kier alpha value is -2.86. The lowest BCUT2D eigenvalue weighted by atomic mass is 10.0. The second kappa shape index (κ2) is 7.36. The highest BCUT2D eigenvalue weighted by atomic mass is 35.5. The van der Waals surface area contributed by atoms with E-state index in [9.17, 15) is 9.59 Å². The van der Waals surface area contributed by atoms with E-state index < -0.39 is 6.04 Å². The molecule has 0 bridgehead atoms. The molecule has 1 aromatic heterocycles. The van der Waals surface area contributed by atoms with Crippen molar-refractivity contribution in [2.75, 3.05) is 5.43 Å². The summed E-state index contributed by atoms with van der Waals surface area (Å²) in [6, 6.07) is 14.1. The van der Waals surface area contributed by atoms with Crippen LogP contribution in [0.15, 0.2) is 54.9 Å². The summed E-state index contributed by atoms with van der Waals surface area (Å²) >= 11 is 5.90. The Morgan fingerprint density at radius 3 is 2.60 bits per heavy atom. The molecule has 0 aliphatic heterocycles. The molecule has 0 fully saturated rings. The number of carbonyl (C=O) groups is 2. The van der Waals surface area contributed by atoms with Crippen LogP contribution in [0.5, 0.6) is 0 Å². The van der Waals surface area contributed by atoms with Gasteiger partial charge in [-0.2, -0.15) is 0 Å². The highest BCUT2D eigenvalue weighted by molar-refractivity contribution is 6.30. The Kier molecular flexibility index (Phi) is 5.00. The molecule has 0 saturated carbocycles. The van der Waals surface area contributed by atoms with Gasteiger partial charge in [0.2, 0.25) is 11.8 Å². The Bertz CT molecular complexity index is 905. The molecule has 1 atom stereocenters. The van der Waals surface area contributed by atoms with Crippen molar-refractivity contribution < 1.29 is 9.59 Å². The zero-order chi connectivity index (χ0) is 17.8. The second-order valence-corrected chi connectivity index (χ2v) is 6.08. The number of carbonyl (C=O) groups excluding carboxylic acids is 2. The average Bonchev–Trinajstić information content (AvgIpc) is 2.98. The van der Waals surface area contributed by atoms with Crippen molar-refractivity contribution in [3.05, 3.63) is 65.4 Å². The van der Waals surface area contributed by atoms with Gasteiger partial charge in [-0.15, -0.1) is 0 Å². The molecule has 2 N–H and O–H groups in total. The van der Waals surface area contributed by atoms with Gasteiger partial charge in [-0.1, -0.05) is 35.9 Å². The summed E-state index contributed by atoms with van der Waals surface area (Å²) in [7, 11) is 0. The Morgan fingerprint density at radius 2 is 1.88 bits per heavy atom. The van der Waals surface area contributed by atoms with E-state index in [1.807, 2.05) is 24.3 Å². The number of nitrogens with zero attached hydrogens (tertiary/aromatic N) is 2. The SMILES string of the molecule is CC(=O)N[C@@H](CC(=O)Nn1cnc2ccccc21)c1ccc(Cl)cc1. The first-order chi connectivity index (χ1) is 12.0. The van der Waals surface area contributed by atoms with Crippen LogP contribution in [0.25, 0.3) is 11.0 Å². The molecule has 0 aliphatic carbocycles. The molecule has 7 heteroatoms. The molecule has 3 aromatic rings. The van der Waals surface area contributed by atoms with Gasteiger partial charge in [-0.25, -0.2) is 9.66 Å². The molecule has 1 heterocycles. The third-order valence-corrected chi connectivity index (χ3v) is 3.99. The Morgan fingerprint density at radius 1 is 1.16 bits per heavy atom. The summed E-state index contributed by atoms with van der Waals surface area (Å²) in [5.74, 6) is -0.447. The van der Waals surface area contributed by atoms with E-state index in [4.69, 9.17) is 11.6 Å². The van der Waals surface area contributed by atoms with E-state index in [0.717, 1.165) is 16.6 Å². The molecule has 0 unspecified atom stereocenters.